The van der Waals surface area contributed by atoms with E-state index >= 15 is 0 Å². The zero-order valence-corrected chi connectivity index (χ0v) is 14.8. The van der Waals surface area contributed by atoms with Gasteiger partial charge in [-0.15, -0.1) is 0 Å². The Kier molecular flexibility index (Phi) is 5.07. The number of hydrazone groups is 1. The SMILES string of the molecule is Cc1cc(/C=N\NC(=O)c2cccc([N+](=O)[O-])c2)c(C)n1-c1ccccn1. The molecular weight excluding hydrogens is 346 g/mol. The molecule has 136 valence electrons. The number of nitrogens with zero attached hydrogens (tertiary/aromatic N) is 4. The van der Waals surface area contributed by atoms with Gasteiger partial charge in [0.05, 0.1) is 11.1 Å². The van der Waals surface area contributed by atoms with Crippen LogP contribution in [0.1, 0.15) is 27.3 Å². The Labute approximate surface area is 155 Å². The number of carbonyl (C=O) groups excluding carboxylic acids is 1. The van der Waals surface area contributed by atoms with E-state index in [4.69, 9.17) is 0 Å². The van der Waals surface area contributed by atoms with E-state index in [9.17, 15) is 14.9 Å². The van der Waals surface area contributed by atoms with Gasteiger partial charge in [0.1, 0.15) is 5.82 Å². The van der Waals surface area contributed by atoms with Gasteiger partial charge < -0.3 is 4.57 Å². The third-order valence-electron chi connectivity index (χ3n) is 4.04. The molecular formula is C19H17N5O3. The van der Waals surface area contributed by atoms with Gasteiger partial charge in [0.2, 0.25) is 0 Å². The van der Waals surface area contributed by atoms with Crippen LogP contribution in [0.2, 0.25) is 0 Å². The lowest BCUT2D eigenvalue weighted by Crippen LogP contribution is -2.17. The number of nitro benzene ring substituents is 1. The van der Waals surface area contributed by atoms with Crippen molar-refractivity contribution in [1.82, 2.24) is 15.0 Å². The molecule has 1 aromatic carbocycles. The number of hydrogen-bond acceptors (Lipinski definition) is 5. The number of nitro groups is 1. The third kappa shape index (κ3) is 3.90. The van der Waals surface area contributed by atoms with Crippen molar-refractivity contribution in [3.05, 3.63) is 87.4 Å². The fourth-order valence-corrected chi connectivity index (χ4v) is 2.74. The van der Waals surface area contributed by atoms with Crippen LogP contribution in [0, 0.1) is 24.0 Å². The Morgan fingerprint density at radius 2 is 2.04 bits per heavy atom. The highest BCUT2D eigenvalue weighted by Crippen LogP contribution is 2.18. The van der Waals surface area contributed by atoms with Gasteiger partial charge in [-0.05, 0) is 38.1 Å². The first-order valence-corrected chi connectivity index (χ1v) is 8.15. The number of hydrogen-bond donors (Lipinski definition) is 1. The minimum Gasteiger partial charge on any atom is -0.303 e. The molecule has 0 saturated heterocycles. The van der Waals surface area contributed by atoms with Gasteiger partial charge in [0.15, 0.2) is 0 Å². The molecule has 0 aliphatic carbocycles. The van der Waals surface area contributed by atoms with Crippen LogP contribution in [0.5, 0.6) is 0 Å². The van der Waals surface area contributed by atoms with E-state index in [1.165, 1.54) is 30.5 Å². The second-order valence-corrected chi connectivity index (χ2v) is 5.86. The molecule has 0 unspecified atom stereocenters. The zero-order valence-electron chi connectivity index (χ0n) is 14.8. The topological polar surface area (TPSA) is 102 Å². The summed E-state index contributed by atoms with van der Waals surface area (Å²) in [4.78, 5) is 26.7. The lowest BCUT2D eigenvalue weighted by Gasteiger charge is -2.07. The van der Waals surface area contributed by atoms with E-state index in [-0.39, 0.29) is 11.3 Å². The summed E-state index contributed by atoms with van der Waals surface area (Å²) in [6, 6.07) is 13.1. The molecule has 2 heterocycles. The zero-order chi connectivity index (χ0) is 19.4. The maximum Gasteiger partial charge on any atom is 0.271 e. The van der Waals surface area contributed by atoms with Crippen LogP contribution in [0.3, 0.4) is 0 Å². The van der Waals surface area contributed by atoms with Crippen LogP contribution in [0.15, 0.2) is 59.8 Å². The van der Waals surface area contributed by atoms with Gasteiger partial charge in [-0.25, -0.2) is 10.4 Å². The lowest BCUT2D eigenvalue weighted by atomic mass is 10.2. The lowest BCUT2D eigenvalue weighted by molar-refractivity contribution is -0.384. The molecule has 1 N–H and O–H groups in total. The molecule has 0 aliphatic rings. The number of aromatic nitrogens is 2. The average Bonchev–Trinajstić information content (AvgIpc) is 2.96. The highest BCUT2D eigenvalue weighted by atomic mass is 16.6. The summed E-state index contributed by atoms with van der Waals surface area (Å²) in [5.41, 5.74) is 5.16. The molecule has 0 radical (unpaired) electrons. The third-order valence-corrected chi connectivity index (χ3v) is 4.04. The molecule has 1 amide bonds. The Bertz CT molecular complexity index is 1030. The molecule has 8 heteroatoms. The van der Waals surface area contributed by atoms with E-state index < -0.39 is 10.8 Å². The van der Waals surface area contributed by atoms with Crippen LogP contribution >= 0.6 is 0 Å². The second kappa shape index (κ2) is 7.61. The molecule has 0 aliphatic heterocycles. The fraction of sp³-hybridized carbons (Fsp3) is 0.105. The number of pyridine rings is 1. The highest BCUT2D eigenvalue weighted by molar-refractivity contribution is 5.95. The molecule has 27 heavy (non-hydrogen) atoms. The largest absolute Gasteiger partial charge is 0.303 e. The van der Waals surface area contributed by atoms with Crippen molar-refractivity contribution in [2.24, 2.45) is 5.10 Å². The molecule has 0 spiro atoms. The molecule has 0 saturated carbocycles. The fourth-order valence-electron chi connectivity index (χ4n) is 2.74. The van der Waals surface area contributed by atoms with E-state index in [2.05, 4.69) is 15.5 Å². The smallest absolute Gasteiger partial charge is 0.271 e. The summed E-state index contributed by atoms with van der Waals surface area (Å²) in [6.45, 7) is 3.89. The van der Waals surface area contributed by atoms with Crippen molar-refractivity contribution < 1.29 is 9.72 Å². The Hall–Kier alpha value is -3.81. The number of carbonyl (C=O) groups is 1. The van der Waals surface area contributed by atoms with Crippen molar-refractivity contribution in [1.29, 1.82) is 0 Å². The Morgan fingerprint density at radius 1 is 1.22 bits per heavy atom. The summed E-state index contributed by atoms with van der Waals surface area (Å²) in [7, 11) is 0. The van der Waals surface area contributed by atoms with Gasteiger partial charge in [-0.2, -0.15) is 5.10 Å². The average molecular weight is 363 g/mol. The van der Waals surface area contributed by atoms with Crippen molar-refractivity contribution in [3.8, 4) is 5.82 Å². The number of rotatable bonds is 5. The minimum absolute atomic E-state index is 0.148. The maximum atomic E-state index is 12.1. The summed E-state index contributed by atoms with van der Waals surface area (Å²) >= 11 is 0. The predicted molar refractivity (Wildman–Crippen MR) is 101 cm³/mol. The summed E-state index contributed by atoms with van der Waals surface area (Å²) in [5, 5.41) is 14.8. The van der Waals surface area contributed by atoms with Gasteiger partial charge in [0, 0.05) is 40.8 Å². The van der Waals surface area contributed by atoms with Gasteiger partial charge >= 0.3 is 0 Å². The Morgan fingerprint density at radius 3 is 2.74 bits per heavy atom. The molecule has 2 aromatic heterocycles. The summed E-state index contributed by atoms with van der Waals surface area (Å²) in [5.74, 6) is 0.279. The van der Waals surface area contributed by atoms with E-state index in [1.54, 1.807) is 6.20 Å². The molecule has 0 atom stereocenters. The van der Waals surface area contributed by atoms with Gasteiger partial charge in [-0.3, -0.25) is 14.9 Å². The van der Waals surface area contributed by atoms with Crippen molar-refractivity contribution >= 4 is 17.8 Å². The Balaban J connectivity index is 1.76. The standard InChI is InChI=1S/C19H17N5O3/c1-13-10-16(14(2)23(13)18-8-3-4-9-20-18)12-21-22-19(25)15-6-5-7-17(11-15)24(26)27/h3-12H,1-2H3,(H,22,25)/b21-12-. The van der Waals surface area contributed by atoms with Crippen molar-refractivity contribution in [2.45, 2.75) is 13.8 Å². The first kappa shape index (κ1) is 18.0. The predicted octanol–water partition coefficient (Wildman–Crippen LogP) is 3.16. The van der Waals surface area contributed by atoms with Gasteiger partial charge in [0.25, 0.3) is 11.6 Å². The van der Waals surface area contributed by atoms with Crippen LogP contribution in [0.4, 0.5) is 5.69 Å². The maximum absolute atomic E-state index is 12.1. The summed E-state index contributed by atoms with van der Waals surface area (Å²) in [6.07, 6.45) is 3.26. The van der Waals surface area contributed by atoms with Gasteiger partial charge in [-0.1, -0.05) is 12.1 Å². The van der Waals surface area contributed by atoms with Crippen molar-refractivity contribution in [3.63, 3.8) is 0 Å². The normalized spacial score (nSPS) is 10.9. The number of amides is 1. The molecule has 3 rings (SSSR count). The highest BCUT2D eigenvalue weighted by Gasteiger charge is 2.12. The van der Waals surface area contributed by atoms with E-state index in [0.29, 0.717) is 0 Å². The monoisotopic (exact) mass is 363 g/mol. The van der Waals surface area contributed by atoms with Crippen LogP contribution in [-0.2, 0) is 0 Å². The summed E-state index contributed by atoms with van der Waals surface area (Å²) < 4.78 is 1.99. The molecule has 0 fully saturated rings. The molecule has 3 aromatic rings. The minimum atomic E-state index is -0.549. The van der Waals surface area contributed by atoms with E-state index in [1.807, 2.05) is 42.7 Å². The van der Waals surface area contributed by atoms with Crippen molar-refractivity contribution in [2.75, 3.05) is 0 Å². The quantitative estimate of drug-likeness (QED) is 0.427. The number of nitrogens with one attached hydrogen (secondary N) is 1. The van der Waals surface area contributed by atoms with Crippen LogP contribution < -0.4 is 5.43 Å². The first-order valence-electron chi connectivity index (χ1n) is 8.15. The van der Waals surface area contributed by atoms with E-state index in [0.717, 1.165) is 22.8 Å². The first-order chi connectivity index (χ1) is 13.0. The second-order valence-electron chi connectivity index (χ2n) is 5.86. The molecule has 8 nitrogen and oxygen atoms in total. The number of aryl methyl sites for hydroxylation is 1. The van der Waals surface area contributed by atoms with Crippen LogP contribution in [-0.4, -0.2) is 26.6 Å². The number of non-ortho nitro benzene ring substituents is 1. The number of benzene rings is 1. The molecule has 0 bridgehead atoms. The van der Waals surface area contributed by atoms with Crippen LogP contribution in [0.25, 0.3) is 5.82 Å².